The van der Waals surface area contributed by atoms with Crippen LogP contribution in [0.5, 0.6) is 0 Å². The number of nitrogens with two attached hydrogens (primary N) is 1. The lowest BCUT2D eigenvalue weighted by molar-refractivity contribution is 0.459. The number of nitrogens with zero attached hydrogens (tertiary/aromatic N) is 1. The van der Waals surface area contributed by atoms with Crippen molar-refractivity contribution in [1.29, 1.82) is 0 Å². The van der Waals surface area contributed by atoms with Gasteiger partial charge in [-0.1, -0.05) is 19.4 Å². The van der Waals surface area contributed by atoms with E-state index in [1.54, 1.807) is 0 Å². The number of hydrogen-bond acceptors (Lipinski definition) is 2. The topological polar surface area (TPSA) is 29.3 Å². The van der Waals surface area contributed by atoms with E-state index >= 15 is 0 Å². The molecule has 2 rings (SSSR count). The molecule has 2 N–H and O–H groups in total. The molecule has 0 spiro atoms. The van der Waals surface area contributed by atoms with Gasteiger partial charge in [-0.2, -0.15) is 0 Å². The van der Waals surface area contributed by atoms with Gasteiger partial charge in [-0.3, -0.25) is 0 Å². The fourth-order valence-electron chi connectivity index (χ4n) is 3.28. The minimum absolute atomic E-state index is 0.239. The molecule has 0 radical (unpaired) electrons. The van der Waals surface area contributed by atoms with Gasteiger partial charge in [0.25, 0.3) is 0 Å². The Morgan fingerprint density at radius 2 is 2.10 bits per heavy atom. The molecule has 2 atom stereocenters. The molecule has 20 heavy (non-hydrogen) atoms. The van der Waals surface area contributed by atoms with E-state index in [0.29, 0.717) is 0 Å². The first-order valence-electron chi connectivity index (χ1n) is 8.20. The van der Waals surface area contributed by atoms with Gasteiger partial charge in [0.15, 0.2) is 0 Å². The molecule has 1 heterocycles. The van der Waals surface area contributed by atoms with Crippen LogP contribution in [0.4, 0.5) is 5.69 Å². The highest BCUT2D eigenvalue weighted by Gasteiger charge is 2.16. The van der Waals surface area contributed by atoms with Gasteiger partial charge in [-0.05, 0) is 68.7 Å². The van der Waals surface area contributed by atoms with Crippen LogP contribution in [0.25, 0.3) is 0 Å². The lowest BCUT2D eigenvalue weighted by atomic mass is 9.98. The van der Waals surface area contributed by atoms with Gasteiger partial charge in [0.2, 0.25) is 0 Å². The first-order valence-corrected chi connectivity index (χ1v) is 8.20. The number of hydrogen-bond donors (Lipinski definition) is 1. The van der Waals surface area contributed by atoms with E-state index in [2.05, 4.69) is 43.9 Å². The van der Waals surface area contributed by atoms with Crippen molar-refractivity contribution in [2.24, 2.45) is 11.7 Å². The predicted octanol–water partition coefficient (Wildman–Crippen LogP) is 3.90. The van der Waals surface area contributed by atoms with Gasteiger partial charge in [0, 0.05) is 24.8 Å². The second-order valence-electron chi connectivity index (χ2n) is 6.48. The van der Waals surface area contributed by atoms with Crippen molar-refractivity contribution >= 4 is 5.69 Å². The summed E-state index contributed by atoms with van der Waals surface area (Å²) >= 11 is 0. The van der Waals surface area contributed by atoms with Crippen molar-refractivity contribution in [2.45, 2.75) is 58.9 Å². The largest absolute Gasteiger partial charge is 0.372 e. The molecule has 0 saturated carbocycles. The Hall–Kier alpha value is -1.02. The lowest BCUT2D eigenvalue weighted by Gasteiger charge is -2.24. The average molecular weight is 274 g/mol. The Balaban J connectivity index is 2.07. The number of aryl methyl sites for hydroxylation is 1. The van der Waals surface area contributed by atoms with Crippen molar-refractivity contribution in [3.05, 3.63) is 29.3 Å². The molecule has 0 aromatic heterocycles. The minimum Gasteiger partial charge on any atom is -0.372 e. The van der Waals surface area contributed by atoms with Crippen molar-refractivity contribution in [1.82, 2.24) is 0 Å². The molecule has 1 aromatic rings. The van der Waals surface area contributed by atoms with Gasteiger partial charge in [0.05, 0.1) is 0 Å². The molecule has 1 saturated heterocycles. The van der Waals surface area contributed by atoms with Crippen LogP contribution >= 0.6 is 0 Å². The van der Waals surface area contributed by atoms with Gasteiger partial charge >= 0.3 is 0 Å². The molecule has 2 nitrogen and oxygen atoms in total. The summed E-state index contributed by atoms with van der Waals surface area (Å²) in [6, 6.07) is 7.15. The van der Waals surface area contributed by atoms with Crippen LogP contribution in [-0.4, -0.2) is 19.1 Å². The summed E-state index contributed by atoms with van der Waals surface area (Å²) in [7, 11) is 0. The fourth-order valence-corrected chi connectivity index (χ4v) is 3.28. The molecular formula is C18H30N2. The Morgan fingerprint density at radius 1 is 1.30 bits per heavy atom. The summed E-state index contributed by atoms with van der Waals surface area (Å²) < 4.78 is 0. The molecule has 1 fully saturated rings. The highest BCUT2D eigenvalue weighted by Crippen LogP contribution is 2.26. The van der Waals surface area contributed by atoms with Gasteiger partial charge in [-0.15, -0.1) is 0 Å². The first-order chi connectivity index (χ1) is 9.60. The summed E-state index contributed by atoms with van der Waals surface area (Å²) in [6.45, 7) is 9.04. The lowest BCUT2D eigenvalue weighted by Crippen LogP contribution is -2.24. The summed E-state index contributed by atoms with van der Waals surface area (Å²) in [4.78, 5) is 2.57. The molecule has 0 aliphatic carbocycles. The number of anilines is 1. The molecule has 2 heteroatoms. The second kappa shape index (κ2) is 7.12. The third-order valence-corrected chi connectivity index (χ3v) is 4.66. The summed E-state index contributed by atoms with van der Waals surface area (Å²) in [6.07, 6.45) is 6.38. The van der Waals surface area contributed by atoms with Crippen LogP contribution in [-0.2, 0) is 6.42 Å². The van der Waals surface area contributed by atoms with E-state index in [9.17, 15) is 0 Å². The summed E-state index contributed by atoms with van der Waals surface area (Å²) in [5.74, 6) is 0.929. The standard InChI is InChI=1S/C18H30N2/c1-4-16-6-5-10-20(11-9-16)18-8-7-17(13-15(3)19)14(2)12-18/h7-8,12,15-16H,4-6,9-11,13,19H2,1-3H3. The highest BCUT2D eigenvalue weighted by molar-refractivity contribution is 5.51. The maximum Gasteiger partial charge on any atom is 0.0369 e. The second-order valence-corrected chi connectivity index (χ2v) is 6.48. The van der Waals surface area contributed by atoms with Crippen molar-refractivity contribution in [2.75, 3.05) is 18.0 Å². The quantitative estimate of drug-likeness (QED) is 0.902. The van der Waals surface area contributed by atoms with Crippen molar-refractivity contribution in [3.63, 3.8) is 0 Å². The third-order valence-electron chi connectivity index (χ3n) is 4.66. The molecule has 0 bridgehead atoms. The van der Waals surface area contributed by atoms with E-state index in [1.165, 1.54) is 55.6 Å². The average Bonchev–Trinajstić information content (AvgIpc) is 2.66. The maximum atomic E-state index is 5.91. The molecule has 1 aliphatic heterocycles. The summed E-state index contributed by atoms with van der Waals surface area (Å²) in [5.41, 5.74) is 10.1. The Bertz CT molecular complexity index is 425. The normalized spacial score (nSPS) is 21.6. The highest BCUT2D eigenvalue weighted by atomic mass is 15.1. The Kier molecular flexibility index (Phi) is 5.47. The zero-order chi connectivity index (χ0) is 14.5. The maximum absolute atomic E-state index is 5.91. The molecule has 2 unspecified atom stereocenters. The molecule has 1 aliphatic rings. The molecule has 1 aromatic carbocycles. The van der Waals surface area contributed by atoms with Gasteiger partial charge < -0.3 is 10.6 Å². The van der Waals surface area contributed by atoms with E-state index < -0.39 is 0 Å². The van der Waals surface area contributed by atoms with E-state index in [0.717, 1.165) is 12.3 Å². The molecule has 0 amide bonds. The number of rotatable bonds is 4. The van der Waals surface area contributed by atoms with Crippen LogP contribution in [0, 0.1) is 12.8 Å². The minimum atomic E-state index is 0.239. The van der Waals surface area contributed by atoms with Crippen LogP contribution in [0.1, 0.15) is 50.7 Å². The van der Waals surface area contributed by atoms with Crippen LogP contribution in [0.15, 0.2) is 18.2 Å². The van der Waals surface area contributed by atoms with E-state index in [-0.39, 0.29) is 6.04 Å². The molecular weight excluding hydrogens is 244 g/mol. The van der Waals surface area contributed by atoms with Crippen molar-refractivity contribution < 1.29 is 0 Å². The van der Waals surface area contributed by atoms with Crippen LogP contribution in [0.3, 0.4) is 0 Å². The number of benzene rings is 1. The van der Waals surface area contributed by atoms with Crippen LogP contribution in [0.2, 0.25) is 0 Å². The van der Waals surface area contributed by atoms with E-state index in [4.69, 9.17) is 5.73 Å². The predicted molar refractivity (Wildman–Crippen MR) is 88.4 cm³/mol. The fraction of sp³-hybridized carbons (Fsp3) is 0.667. The van der Waals surface area contributed by atoms with Crippen LogP contribution < -0.4 is 10.6 Å². The Morgan fingerprint density at radius 3 is 2.75 bits per heavy atom. The van der Waals surface area contributed by atoms with Crippen molar-refractivity contribution in [3.8, 4) is 0 Å². The summed E-state index contributed by atoms with van der Waals surface area (Å²) in [5, 5.41) is 0. The van der Waals surface area contributed by atoms with Gasteiger partial charge in [0.1, 0.15) is 0 Å². The zero-order valence-corrected chi connectivity index (χ0v) is 13.4. The monoisotopic (exact) mass is 274 g/mol. The van der Waals surface area contributed by atoms with E-state index in [1.807, 2.05) is 0 Å². The molecule has 112 valence electrons. The smallest absolute Gasteiger partial charge is 0.0369 e. The van der Waals surface area contributed by atoms with Gasteiger partial charge in [-0.25, -0.2) is 0 Å². The zero-order valence-electron chi connectivity index (χ0n) is 13.4. The third kappa shape index (κ3) is 3.99. The Labute approximate surface area is 124 Å². The first kappa shape index (κ1) is 15.4. The SMILES string of the molecule is CCC1CCCN(c2ccc(CC(C)N)c(C)c2)CC1.